The first-order valence-electron chi connectivity index (χ1n) is 6.84. The molecule has 2 rings (SSSR count). The zero-order valence-electron chi connectivity index (χ0n) is 11.8. The van der Waals surface area contributed by atoms with E-state index in [0.29, 0.717) is 11.8 Å². The summed E-state index contributed by atoms with van der Waals surface area (Å²) in [6.45, 7) is 4.29. The third-order valence-corrected chi connectivity index (χ3v) is 3.59. The van der Waals surface area contributed by atoms with E-state index in [0.717, 1.165) is 11.4 Å². The van der Waals surface area contributed by atoms with Gasteiger partial charge in [-0.1, -0.05) is 35.9 Å². The first-order valence-corrected chi connectivity index (χ1v) is 7.22. The highest BCUT2D eigenvalue weighted by Crippen LogP contribution is 2.18. The smallest absolute Gasteiger partial charge is 0.115 e. The second-order valence-electron chi connectivity index (χ2n) is 5.21. The molecule has 2 nitrogen and oxygen atoms in total. The number of halogens is 1. The van der Waals surface area contributed by atoms with Gasteiger partial charge in [0.2, 0.25) is 0 Å². The summed E-state index contributed by atoms with van der Waals surface area (Å²) in [6, 6.07) is 15.9. The van der Waals surface area contributed by atoms with E-state index in [1.165, 1.54) is 11.1 Å². The number of rotatable bonds is 5. The molecule has 0 radical (unpaired) electrons. The predicted octanol–water partition coefficient (Wildman–Crippen LogP) is 4.33. The summed E-state index contributed by atoms with van der Waals surface area (Å²) < 4.78 is 0. The van der Waals surface area contributed by atoms with Crippen molar-refractivity contribution in [1.29, 1.82) is 0 Å². The van der Waals surface area contributed by atoms with Gasteiger partial charge < -0.3 is 10.4 Å². The minimum absolute atomic E-state index is 0.241. The fourth-order valence-electron chi connectivity index (χ4n) is 2.36. The Balaban J connectivity index is 1.93. The van der Waals surface area contributed by atoms with E-state index in [1.807, 2.05) is 30.3 Å². The summed E-state index contributed by atoms with van der Waals surface area (Å²) in [7, 11) is 0. The van der Waals surface area contributed by atoms with E-state index in [4.69, 9.17) is 11.6 Å². The van der Waals surface area contributed by atoms with Gasteiger partial charge in [-0.2, -0.15) is 0 Å². The molecule has 20 heavy (non-hydrogen) atoms. The number of phenolic OH excluding ortho intramolecular Hbond substituents is 1. The molecule has 2 N–H and O–H groups in total. The molecule has 0 heterocycles. The molecule has 2 unspecified atom stereocenters. The maximum Gasteiger partial charge on any atom is 0.115 e. The maximum absolute atomic E-state index is 9.31. The molecule has 0 saturated carbocycles. The molecule has 0 fully saturated rings. The summed E-state index contributed by atoms with van der Waals surface area (Å²) >= 11 is 6.00. The quantitative estimate of drug-likeness (QED) is 0.859. The molecule has 0 aliphatic carbocycles. The Morgan fingerprint density at radius 3 is 2.45 bits per heavy atom. The van der Waals surface area contributed by atoms with Crippen LogP contribution in [0.2, 0.25) is 5.02 Å². The van der Waals surface area contributed by atoms with Crippen LogP contribution in [0.25, 0.3) is 0 Å². The normalized spacial score (nSPS) is 13.9. The molecule has 0 aliphatic heterocycles. The van der Waals surface area contributed by atoms with Crippen LogP contribution < -0.4 is 5.32 Å². The van der Waals surface area contributed by atoms with Crippen LogP contribution in [0.15, 0.2) is 48.5 Å². The number of hydrogen-bond donors (Lipinski definition) is 2. The van der Waals surface area contributed by atoms with Crippen LogP contribution in [0.5, 0.6) is 5.75 Å². The van der Waals surface area contributed by atoms with Crippen molar-refractivity contribution in [3.63, 3.8) is 0 Å². The van der Waals surface area contributed by atoms with Crippen LogP contribution in [-0.4, -0.2) is 11.1 Å². The Morgan fingerprint density at radius 2 is 1.80 bits per heavy atom. The van der Waals surface area contributed by atoms with Crippen molar-refractivity contribution in [2.24, 2.45) is 0 Å². The van der Waals surface area contributed by atoms with Crippen molar-refractivity contribution < 1.29 is 5.11 Å². The lowest BCUT2D eigenvalue weighted by Gasteiger charge is -2.20. The Labute approximate surface area is 125 Å². The minimum Gasteiger partial charge on any atom is -0.508 e. The highest BCUT2D eigenvalue weighted by Gasteiger charge is 2.10. The van der Waals surface area contributed by atoms with E-state index in [1.54, 1.807) is 12.1 Å². The van der Waals surface area contributed by atoms with Crippen LogP contribution in [0.1, 0.15) is 31.0 Å². The van der Waals surface area contributed by atoms with Gasteiger partial charge >= 0.3 is 0 Å². The van der Waals surface area contributed by atoms with E-state index < -0.39 is 0 Å². The summed E-state index contributed by atoms with van der Waals surface area (Å²) in [5, 5.41) is 13.6. The minimum atomic E-state index is 0.241. The number of hydrogen-bond acceptors (Lipinski definition) is 2. The molecule has 3 heteroatoms. The zero-order valence-corrected chi connectivity index (χ0v) is 12.6. The van der Waals surface area contributed by atoms with Crippen LogP contribution >= 0.6 is 11.6 Å². The second kappa shape index (κ2) is 6.78. The van der Waals surface area contributed by atoms with E-state index in [9.17, 15) is 5.11 Å². The molecule has 0 spiro atoms. The van der Waals surface area contributed by atoms with Crippen molar-refractivity contribution in [2.45, 2.75) is 32.4 Å². The van der Waals surface area contributed by atoms with Gasteiger partial charge in [0.25, 0.3) is 0 Å². The predicted molar refractivity (Wildman–Crippen MR) is 84.3 cm³/mol. The van der Waals surface area contributed by atoms with Crippen LogP contribution in [0, 0.1) is 0 Å². The van der Waals surface area contributed by atoms with E-state index in [2.05, 4.69) is 25.2 Å². The lowest BCUT2D eigenvalue weighted by molar-refractivity contribution is 0.468. The number of phenols is 1. The molecule has 2 aromatic rings. The summed E-state index contributed by atoms with van der Waals surface area (Å²) in [5.74, 6) is 0.299. The van der Waals surface area contributed by atoms with Gasteiger partial charge in [-0.15, -0.1) is 0 Å². The fourth-order valence-corrected chi connectivity index (χ4v) is 2.58. The zero-order chi connectivity index (χ0) is 14.5. The van der Waals surface area contributed by atoms with Gasteiger partial charge in [0, 0.05) is 17.1 Å². The molecule has 0 aromatic heterocycles. The molecule has 0 aliphatic rings. The van der Waals surface area contributed by atoms with Gasteiger partial charge in [-0.05, 0) is 55.7 Å². The first kappa shape index (κ1) is 14.9. The third-order valence-electron chi connectivity index (χ3n) is 3.36. The van der Waals surface area contributed by atoms with E-state index >= 15 is 0 Å². The monoisotopic (exact) mass is 289 g/mol. The van der Waals surface area contributed by atoms with Crippen LogP contribution in [0.3, 0.4) is 0 Å². The summed E-state index contributed by atoms with van der Waals surface area (Å²) in [6.07, 6.45) is 0.934. The molecule has 106 valence electrons. The Hall–Kier alpha value is -1.51. The molecule has 0 amide bonds. The molecular formula is C17H20ClNO. The highest BCUT2D eigenvalue weighted by atomic mass is 35.5. The van der Waals surface area contributed by atoms with Crippen LogP contribution in [0.4, 0.5) is 0 Å². The standard InChI is InChI=1S/C17H20ClNO/c1-12(10-14-4-3-5-16(18)11-14)19-13(2)15-6-8-17(20)9-7-15/h3-9,11-13,19-20H,10H2,1-2H3. The van der Waals surface area contributed by atoms with Crippen molar-refractivity contribution in [3.8, 4) is 5.75 Å². The van der Waals surface area contributed by atoms with Gasteiger partial charge in [0.1, 0.15) is 5.75 Å². The third kappa shape index (κ3) is 4.26. The number of aromatic hydroxyl groups is 1. The van der Waals surface area contributed by atoms with Crippen molar-refractivity contribution in [3.05, 3.63) is 64.7 Å². The Kier molecular flexibility index (Phi) is 5.05. The molecule has 2 atom stereocenters. The number of nitrogens with one attached hydrogen (secondary N) is 1. The van der Waals surface area contributed by atoms with E-state index in [-0.39, 0.29) is 6.04 Å². The van der Waals surface area contributed by atoms with Gasteiger partial charge in [0.15, 0.2) is 0 Å². The maximum atomic E-state index is 9.31. The van der Waals surface area contributed by atoms with Gasteiger partial charge in [-0.25, -0.2) is 0 Å². The average molecular weight is 290 g/mol. The second-order valence-corrected chi connectivity index (χ2v) is 5.65. The average Bonchev–Trinajstić information content (AvgIpc) is 2.39. The summed E-state index contributed by atoms with van der Waals surface area (Å²) in [5.41, 5.74) is 2.40. The Morgan fingerprint density at radius 1 is 1.10 bits per heavy atom. The molecule has 2 aromatic carbocycles. The lowest BCUT2D eigenvalue weighted by atomic mass is 10.0. The van der Waals surface area contributed by atoms with Crippen molar-refractivity contribution in [2.75, 3.05) is 0 Å². The number of benzene rings is 2. The largest absolute Gasteiger partial charge is 0.508 e. The van der Waals surface area contributed by atoms with Crippen molar-refractivity contribution >= 4 is 11.6 Å². The molecule has 0 saturated heterocycles. The van der Waals surface area contributed by atoms with Crippen molar-refractivity contribution in [1.82, 2.24) is 5.32 Å². The first-order chi connectivity index (χ1) is 9.54. The highest BCUT2D eigenvalue weighted by molar-refractivity contribution is 6.30. The lowest BCUT2D eigenvalue weighted by Crippen LogP contribution is -2.30. The van der Waals surface area contributed by atoms with Gasteiger partial charge in [-0.3, -0.25) is 0 Å². The van der Waals surface area contributed by atoms with Crippen LogP contribution in [-0.2, 0) is 6.42 Å². The fraction of sp³-hybridized carbons (Fsp3) is 0.294. The molecular weight excluding hydrogens is 270 g/mol. The molecule has 0 bridgehead atoms. The summed E-state index contributed by atoms with van der Waals surface area (Å²) in [4.78, 5) is 0. The topological polar surface area (TPSA) is 32.3 Å². The SMILES string of the molecule is CC(Cc1cccc(Cl)c1)NC(C)c1ccc(O)cc1. The Bertz CT molecular complexity index is 553. The van der Waals surface area contributed by atoms with Gasteiger partial charge in [0.05, 0.1) is 0 Å².